The second-order valence-electron chi connectivity index (χ2n) is 3.98. The van der Waals surface area contributed by atoms with E-state index < -0.39 is 0 Å². The Bertz CT molecular complexity index is 437. The molecule has 0 bridgehead atoms. The molecule has 2 heterocycles. The minimum absolute atomic E-state index is 0.112. The highest BCUT2D eigenvalue weighted by Gasteiger charge is 2.18. The molecule has 1 unspecified atom stereocenters. The van der Waals surface area contributed by atoms with Crippen LogP contribution in [0.5, 0.6) is 0 Å². The molecule has 92 valence electrons. The fourth-order valence-corrected chi connectivity index (χ4v) is 2.84. The van der Waals surface area contributed by atoms with Crippen LogP contribution in [0.25, 0.3) is 0 Å². The molecule has 0 spiro atoms. The van der Waals surface area contributed by atoms with Crippen molar-refractivity contribution < 1.29 is 4.42 Å². The van der Waals surface area contributed by atoms with Gasteiger partial charge in [-0.1, -0.05) is 6.92 Å². The van der Waals surface area contributed by atoms with Crippen molar-refractivity contribution in [3.63, 3.8) is 0 Å². The van der Waals surface area contributed by atoms with Gasteiger partial charge in [0.25, 0.3) is 0 Å². The van der Waals surface area contributed by atoms with Gasteiger partial charge in [0.2, 0.25) is 0 Å². The molecule has 2 aromatic heterocycles. The number of halogens is 1. The predicted molar refractivity (Wildman–Crippen MR) is 72.9 cm³/mol. The summed E-state index contributed by atoms with van der Waals surface area (Å²) in [6, 6.07) is 8.11. The fraction of sp³-hybridized carbons (Fsp3) is 0.385. The lowest BCUT2D eigenvalue weighted by Crippen LogP contribution is -2.21. The second-order valence-corrected chi connectivity index (χ2v) is 5.67. The number of rotatable bonds is 5. The van der Waals surface area contributed by atoms with Crippen LogP contribution in [0, 0.1) is 6.92 Å². The molecule has 2 nitrogen and oxygen atoms in total. The average molecular weight is 270 g/mol. The summed E-state index contributed by atoms with van der Waals surface area (Å²) < 4.78 is 5.52. The van der Waals surface area contributed by atoms with Gasteiger partial charge in [0.15, 0.2) is 5.22 Å². The summed E-state index contributed by atoms with van der Waals surface area (Å²) in [7, 11) is 0. The molecule has 0 aliphatic heterocycles. The van der Waals surface area contributed by atoms with Crippen molar-refractivity contribution in [3.05, 3.63) is 45.0 Å². The molecule has 0 saturated carbocycles. The van der Waals surface area contributed by atoms with Gasteiger partial charge in [-0.3, -0.25) is 0 Å². The first kappa shape index (κ1) is 12.7. The number of furan rings is 1. The summed E-state index contributed by atoms with van der Waals surface area (Å²) >= 11 is 7.62. The molecule has 0 amide bonds. The van der Waals surface area contributed by atoms with Gasteiger partial charge in [0.05, 0.1) is 0 Å². The van der Waals surface area contributed by atoms with Crippen LogP contribution in [0.4, 0.5) is 0 Å². The molecule has 1 N–H and O–H groups in total. The third-order valence-electron chi connectivity index (χ3n) is 2.52. The van der Waals surface area contributed by atoms with E-state index in [1.54, 1.807) is 17.4 Å². The van der Waals surface area contributed by atoms with Gasteiger partial charge >= 0.3 is 0 Å². The highest BCUT2D eigenvalue weighted by Crippen LogP contribution is 2.30. The van der Waals surface area contributed by atoms with Gasteiger partial charge in [-0.05, 0) is 55.8 Å². The number of thiophene rings is 1. The van der Waals surface area contributed by atoms with Crippen LogP contribution < -0.4 is 5.32 Å². The Morgan fingerprint density at radius 3 is 2.71 bits per heavy atom. The van der Waals surface area contributed by atoms with Crippen LogP contribution in [0.2, 0.25) is 5.22 Å². The Morgan fingerprint density at radius 1 is 1.35 bits per heavy atom. The summed E-state index contributed by atoms with van der Waals surface area (Å²) in [6.07, 6.45) is 1.09. The van der Waals surface area contributed by atoms with Crippen molar-refractivity contribution in [1.29, 1.82) is 0 Å². The minimum Gasteiger partial charge on any atom is -0.448 e. The molecule has 2 aromatic rings. The third kappa shape index (κ3) is 3.12. The smallest absolute Gasteiger partial charge is 0.193 e. The maximum atomic E-state index is 5.84. The number of hydrogen-bond donors (Lipinski definition) is 1. The zero-order chi connectivity index (χ0) is 12.3. The zero-order valence-corrected chi connectivity index (χ0v) is 11.6. The Balaban J connectivity index is 2.24. The van der Waals surface area contributed by atoms with Gasteiger partial charge in [-0.15, -0.1) is 11.3 Å². The molecule has 4 heteroatoms. The summed E-state index contributed by atoms with van der Waals surface area (Å²) in [5, 5.41) is 3.93. The van der Waals surface area contributed by atoms with Crippen LogP contribution >= 0.6 is 22.9 Å². The van der Waals surface area contributed by atoms with Crippen molar-refractivity contribution in [2.45, 2.75) is 26.3 Å². The molecule has 0 aromatic carbocycles. The highest BCUT2D eigenvalue weighted by atomic mass is 35.5. The van der Waals surface area contributed by atoms with Crippen molar-refractivity contribution >= 4 is 22.9 Å². The predicted octanol–water partition coefficient (Wildman–Crippen LogP) is 4.39. The Hall–Kier alpha value is -0.770. The van der Waals surface area contributed by atoms with E-state index in [2.05, 4.69) is 31.3 Å². The number of aryl methyl sites for hydroxylation is 1. The van der Waals surface area contributed by atoms with E-state index in [4.69, 9.17) is 16.0 Å². The number of hydrogen-bond acceptors (Lipinski definition) is 3. The van der Waals surface area contributed by atoms with Crippen molar-refractivity contribution in [2.75, 3.05) is 6.54 Å². The van der Waals surface area contributed by atoms with E-state index in [0.717, 1.165) is 18.7 Å². The minimum atomic E-state index is 0.112. The van der Waals surface area contributed by atoms with E-state index >= 15 is 0 Å². The highest BCUT2D eigenvalue weighted by molar-refractivity contribution is 7.12. The van der Waals surface area contributed by atoms with Crippen LogP contribution in [-0.2, 0) is 0 Å². The Kier molecular flexibility index (Phi) is 4.26. The first-order valence-corrected chi connectivity index (χ1v) is 6.95. The molecule has 0 fully saturated rings. The van der Waals surface area contributed by atoms with Gasteiger partial charge in [-0.25, -0.2) is 0 Å². The van der Waals surface area contributed by atoms with Gasteiger partial charge in [0.1, 0.15) is 11.8 Å². The molecule has 0 radical (unpaired) electrons. The van der Waals surface area contributed by atoms with Gasteiger partial charge in [0, 0.05) is 9.75 Å². The lowest BCUT2D eigenvalue weighted by Gasteiger charge is -2.14. The summed E-state index contributed by atoms with van der Waals surface area (Å²) in [5.74, 6) is 0.880. The molecule has 2 rings (SSSR count). The average Bonchev–Trinajstić information content (AvgIpc) is 2.89. The molecule has 0 aliphatic carbocycles. The van der Waals surface area contributed by atoms with Gasteiger partial charge in [-0.2, -0.15) is 0 Å². The van der Waals surface area contributed by atoms with Crippen LogP contribution in [0.3, 0.4) is 0 Å². The first-order chi connectivity index (χ1) is 8.20. The quantitative estimate of drug-likeness (QED) is 0.871. The maximum Gasteiger partial charge on any atom is 0.193 e. The van der Waals surface area contributed by atoms with Gasteiger partial charge < -0.3 is 9.73 Å². The molecular weight excluding hydrogens is 254 g/mol. The molecular formula is C13H16ClNOS. The van der Waals surface area contributed by atoms with Crippen LogP contribution in [0.15, 0.2) is 28.7 Å². The normalized spacial score (nSPS) is 12.9. The molecule has 1 atom stereocenters. The standard InChI is InChI=1S/C13H16ClNOS/c1-3-8-15-13(10-5-7-12(14)16-10)11-6-4-9(2)17-11/h4-7,13,15H,3,8H2,1-2H3. The molecule has 0 saturated heterocycles. The van der Waals surface area contributed by atoms with E-state index in [0.29, 0.717) is 5.22 Å². The zero-order valence-electron chi connectivity index (χ0n) is 10.00. The Labute approximate surface area is 111 Å². The number of nitrogens with one attached hydrogen (secondary N) is 1. The fourth-order valence-electron chi connectivity index (χ4n) is 1.72. The maximum absolute atomic E-state index is 5.84. The van der Waals surface area contributed by atoms with E-state index in [-0.39, 0.29) is 6.04 Å². The van der Waals surface area contributed by atoms with E-state index in [1.807, 2.05) is 6.07 Å². The third-order valence-corrected chi connectivity index (χ3v) is 3.79. The second kappa shape index (κ2) is 5.71. The first-order valence-electron chi connectivity index (χ1n) is 5.75. The topological polar surface area (TPSA) is 25.2 Å². The van der Waals surface area contributed by atoms with E-state index in [1.165, 1.54) is 9.75 Å². The largest absolute Gasteiger partial charge is 0.448 e. The summed E-state index contributed by atoms with van der Waals surface area (Å²) in [5.41, 5.74) is 0. The van der Waals surface area contributed by atoms with E-state index in [9.17, 15) is 0 Å². The van der Waals surface area contributed by atoms with Crippen molar-refractivity contribution in [3.8, 4) is 0 Å². The molecule has 17 heavy (non-hydrogen) atoms. The monoisotopic (exact) mass is 269 g/mol. The van der Waals surface area contributed by atoms with Crippen molar-refractivity contribution in [2.24, 2.45) is 0 Å². The Morgan fingerprint density at radius 2 is 2.18 bits per heavy atom. The van der Waals surface area contributed by atoms with Crippen LogP contribution in [-0.4, -0.2) is 6.54 Å². The van der Waals surface area contributed by atoms with Crippen LogP contribution in [0.1, 0.15) is 34.9 Å². The summed E-state index contributed by atoms with van der Waals surface area (Å²) in [6.45, 7) is 5.22. The van der Waals surface area contributed by atoms with Crippen molar-refractivity contribution in [1.82, 2.24) is 5.32 Å². The SMILES string of the molecule is CCCNC(c1ccc(Cl)o1)c1ccc(C)s1. The lowest BCUT2D eigenvalue weighted by molar-refractivity contribution is 0.451. The molecule has 0 aliphatic rings. The summed E-state index contributed by atoms with van der Waals surface area (Å²) in [4.78, 5) is 2.57. The lowest BCUT2D eigenvalue weighted by atomic mass is 10.2.